The molecule has 452 valence electrons. The number of ether oxygens (including phenoxy) is 3. The van der Waals surface area contributed by atoms with E-state index in [9.17, 15) is 33.9 Å². The normalized spacial score (nSPS) is 28.5. The van der Waals surface area contributed by atoms with E-state index in [1.165, 1.54) is 19.6 Å². The van der Waals surface area contributed by atoms with Gasteiger partial charge in [0, 0.05) is 109 Å². The van der Waals surface area contributed by atoms with E-state index in [2.05, 4.69) is 86.3 Å². The van der Waals surface area contributed by atoms with Gasteiger partial charge in [-0.1, -0.05) is 55.8 Å². The molecule has 10 rings (SSSR count). The predicted molar refractivity (Wildman–Crippen MR) is 298 cm³/mol. The van der Waals surface area contributed by atoms with E-state index in [0.29, 0.717) is 42.7 Å². The van der Waals surface area contributed by atoms with Crippen LogP contribution in [0, 0.1) is 11.3 Å². The lowest BCUT2D eigenvalue weighted by Crippen LogP contribution is -2.81. The average Bonchev–Trinajstić information content (AvgIpc) is 1.44. The van der Waals surface area contributed by atoms with Crippen molar-refractivity contribution in [1.29, 1.82) is 0 Å². The minimum absolute atomic E-state index is 0.0261. The van der Waals surface area contributed by atoms with E-state index in [1.807, 2.05) is 19.2 Å². The lowest BCUT2D eigenvalue weighted by Gasteiger charge is -2.64. The largest absolute Gasteiger partial charge is 0.496 e. The van der Waals surface area contributed by atoms with Crippen LogP contribution in [0.5, 0.6) is 5.75 Å². The van der Waals surface area contributed by atoms with Crippen LogP contribution < -0.4 is 15.0 Å². The first-order chi connectivity index (χ1) is 39.8. The second kappa shape index (κ2) is 24.4. The van der Waals surface area contributed by atoms with E-state index in [-0.39, 0.29) is 30.4 Å². The number of hydrogen-bond donors (Lipinski definition) is 11. The van der Waals surface area contributed by atoms with Crippen molar-refractivity contribution >= 4 is 58.3 Å². The number of hydrogen-bond acceptors (Lipinski definition) is 19. The summed E-state index contributed by atoms with van der Waals surface area (Å²) in [6.07, 6.45) is 3.05. The molecule has 1 amide bonds. The highest BCUT2D eigenvalue weighted by Gasteiger charge is 2.78. The van der Waals surface area contributed by atoms with Crippen LogP contribution in [-0.4, -0.2) is 216 Å². The number of nitrogens with zero attached hydrogens (tertiary/aromatic N) is 4. The SMILES string of the molecule is CCC1=C[C@@H]2CN(CCc3c([nH]c4ccccc34)[C@@](C(=O)OC)(c3cc4c(cc3OC)N(C)[C@H]3[C@@](O)(CNC(=O)c5ccncc5)[C@H](OC(C)=O)[C@]5(CC)C=CCN6CC[C@]43[C@@H]65)C2)C1.O=C(O)C(O)C(O)C(=O)O.O=C(O)C(O)C(O)C(=O)O. The van der Waals surface area contributed by atoms with Crippen LogP contribution in [0.25, 0.3) is 10.9 Å². The standard InChI is InChI=1S/C51H60N6O7.2C4H6O6/c1-7-32-24-33-27-50(47(60)63-6,42-36(16-22-56(28-32)29-33)35-12-9-10-13-39(35)54-42)38-25-37-40(26-41(38)62-5)55(4)45-49(37)18-23-57-21-11-17-48(8-2,44(49)57)46(64-31(3)58)51(45,61)30-53-43(59)34-14-19-52-20-15-34;2*5-1(3(7)8)2(6)4(9)10/h9-15,17,19-20,24-26,33,44-46,54,61H,7-8,16,18,21-23,27-30H2,1-6H3,(H,53,59);2*1-2,5-6H,(H,7,8)(H,9,10)/t33-,44-,45+,46+,48+,49+,50-,51-;;/m0../s1. The number of aromatic nitrogens is 2. The van der Waals surface area contributed by atoms with Gasteiger partial charge >= 0.3 is 35.8 Å². The number of carboxylic acid groups (broad SMARTS) is 4. The third-order valence-corrected chi connectivity index (χ3v) is 17.7. The van der Waals surface area contributed by atoms with Gasteiger partial charge in [0.2, 0.25) is 0 Å². The fraction of sp³-hybridized carbons (Fsp3) is 0.492. The van der Waals surface area contributed by atoms with Crippen LogP contribution in [-0.2, 0) is 55.5 Å². The quantitative estimate of drug-likeness (QED) is 0.0588. The van der Waals surface area contributed by atoms with Crippen LogP contribution in [0.2, 0.25) is 0 Å². The second-order valence-corrected chi connectivity index (χ2v) is 22.2. The van der Waals surface area contributed by atoms with Gasteiger partial charge in [-0.2, -0.15) is 0 Å². The molecule has 84 heavy (non-hydrogen) atoms. The van der Waals surface area contributed by atoms with Crippen LogP contribution in [0.3, 0.4) is 0 Å². The highest BCUT2D eigenvalue weighted by molar-refractivity contribution is 5.95. The highest BCUT2D eigenvalue weighted by atomic mass is 16.6. The molecule has 13 atom stereocenters. The molecule has 6 aliphatic rings. The summed E-state index contributed by atoms with van der Waals surface area (Å²) < 4.78 is 18.9. The van der Waals surface area contributed by atoms with Gasteiger partial charge in [0.1, 0.15) is 22.9 Å². The maximum absolute atomic E-state index is 15.4. The lowest BCUT2D eigenvalue weighted by atomic mass is 9.47. The number of H-pyrrole nitrogens is 1. The molecular weight excluding hydrogens is 1100 g/mol. The maximum atomic E-state index is 15.4. The van der Waals surface area contributed by atoms with Crippen molar-refractivity contribution in [2.45, 2.75) is 112 Å². The third kappa shape index (κ3) is 10.7. The summed E-state index contributed by atoms with van der Waals surface area (Å²) in [5.74, 6) is -7.76. The summed E-state index contributed by atoms with van der Waals surface area (Å²) >= 11 is 0. The van der Waals surface area contributed by atoms with Gasteiger partial charge in [0.25, 0.3) is 5.91 Å². The Hall–Kier alpha value is -7.78. The monoisotopic (exact) mass is 1170 g/mol. The zero-order chi connectivity index (χ0) is 61.4. The Kier molecular flexibility index (Phi) is 18.1. The highest BCUT2D eigenvalue weighted by Crippen LogP contribution is 2.68. The number of aromatic amines is 1. The van der Waals surface area contributed by atoms with E-state index in [0.717, 1.165) is 72.4 Å². The molecule has 1 spiro atoms. The smallest absolute Gasteiger partial charge is 0.335 e. The maximum Gasteiger partial charge on any atom is 0.335 e. The van der Waals surface area contributed by atoms with E-state index in [4.69, 9.17) is 55.1 Å². The van der Waals surface area contributed by atoms with Gasteiger partial charge < -0.3 is 75.4 Å². The van der Waals surface area contributed by atoms with E-state index in [1.54, 1.807) is 31.6 Å². The van der Waals surface area contributed by atoms with Crippen molar-refractivity contribution < 1.29 is 93.7 Å². The van der Waals surface area contributed by atoms with E-state index < -0.39 is 88.3 Å². The van der Waals surface area contributed by atoms with Crippen molar-refractivity contribution in [2.24, 2.45) is 11.3 Å². The molecule has 1 saturated heterocycles. The number of methoxy groups -OCH3 is 2. The van der Waals surface area contributed by atoms with Crippen molar-refractivity contribution in [3.8, 4) is 5.75 Å². The second-order valence-electron chi connectivity index (χ2n) is 22.2. The number of carboxylic acids is 4. The number of aliphatic hydroxyl groups is 5. The van der Waals surface area contributed by atoms with Crippen molar-refractivity contribution in [2.75, 3.05) is 65.4 Å². The zero-order valence-electron chi connectivity index (χ0n) is 47.3. The number of amides is 1. The van der Waals surface area contributed by atoms with Gasteiger partial charge in [-0.3, -0.25) is 29.2 Å². The number of para-hydroxylation sites is 1. The van der Waals surface area contributed by atoms with Gasteiger partial charge in [-0.25, -0.2) is 19.2 Å². The Bertz CT molecular complexity index is 3190. The minimum Gasteiger partial charge on any atom is -0.496 e. The number of nitrogens with one attached hydrogen (secondary N) is 2. The Morgan fingerprint density at radius 3 is 2.05 bits per heavy atom. The molecular formula is C59H72N6O19. The van der Waals surface area contributed by atoms with Gasteiger partial charge in [-0.15, -0.1) is 0 Å². The zero-order valence-corrected chi connectivity index (χ0v) is 47.3. The molecule has 5 unspecified atom stereocenters. The molecule has 2 aromatic heterocycles. The first kappa shape index (κ1) is 62.3. The Morgan fingerprint density at radius 2 is 1.48 bits per heavy atom. The molecule has 25 heteroatoms. The van der Waals surface area contributed by atoms with Gasteiger partial charge in [0.05, 0.1) is 26.8 Å². The molecule has 1 saturated carbocycles. The number of esters is 2. The van der Waals surface area contributed by atoms with Crippen LogP contribution in [0.4, 0.5) is 5.69 Å². The number of rotatable bonds is 15. The Morgan fingerprint density at radius 1 is 0.845 bits per heavy atom. The molecule has 25 nitrogen and oxygen atoms in total. The number of benzene rings is 2. The molecule has 11 N–H and O–H groups in total. The van der Waals surface area contributed by atoms with Crippen molar-refractivity contribution in [3.63, 3.8) is 0 Å². The summed E-state index contributed by atoms with van der Waals surface area (Å²) in [5, 5.41) is 83.1. The van der Waals surface area contributed by atoms with Gasteiger partial charge in [0.15, 0.2) is 24.4 Å². The summed E-state index contributed by atoms with van der Waals surface area (Å²) in [7, 11) is 5.12. The number of anilines is 1. The number of aliphatic carboxylic acids is 4. The van der Waals surface area contributed by atoms with Crippen LogP contribution in [0.1, 0.15) is 79.2 Å². The number of carbonyl (C=O) groups is 7. The average molecular weight is 1170 g/mol. The van der Waals surface area contributed by atoms with Crippen molar-refractivity contribution in [1.82, 2.24) is 25.1 Å². The first-order valence-corrected chi connectivity index (χ1v) is 27.5. The number of aliphatic hydroxyl groups excluding tert-OH is 4. The molecule has 4 aromatic rings. The molecule has 2 aromatic carbocycles. The topological polar surface area (TPSA) is 380 Å². The molecule has 1 aliphatic carbocycles. The summed E-state index contributed by atoms with van der Waals surface area (Å²) in [4.78, 5) is 96.7. The molecule has 2 bridgehead atoms. The number of fused-ring (bicyclic) bond motifs is 6. The number of pyridine rings is 1. The molecule has 5 aliphatic heterocycles. The fourth-order valence-electron chi connectivity index (χ4n) is 14.4. The van der Waals surface area contributed by atoms with Crippen LogP contribution >= 0.6 is 0 Å². The van der Waals surface area contributed by atoms with E-state index >= 15 is 4.79 Å². The molecule has 0 radical (unpaired) electrons. The summed E-state index contributed by atoms with van der Waals surface area (Å²) in [5.41, 5.74) is 2.43. The Balaban J connectivity index is 0.000000394. The van der Waals surface area contributed by atoms with Crippen LogP contribution in [0.15, 0.2) is 84.7 Å². The minimum atomic E-state index is -2.27. The molecule has 7 heterocycles. The number of carbonyl (C=O) groups excluding carboxylic acids is 3. The fourth-order valence-corrected chi connectivity index (χ4v) is 14.4. The first-order valence-electron chi connectivity index (χ1n) is 27.5. The Labute approximate surface area is 482 Å². The summed E-state index contributed by atoms with van der Waals surface area (Å²) in [6, 6.07) is 14.9. The molecule has 2 fully saturated rings. The lowest BCUT2D eigenvalue weighted by molar-refractivity contribution is -0.216. The summed E-state index contributed by atoms with van der Waals surface area (Å²) in [6.45, 7) is 9.47. The van der Waals surface area contributed by atoms with Crippen molar-refractivity contribution in [3.05, 3.63) is 113 Å². The predicted octanol–water partition coefficient (Wildman–Crippen LogP) is 1.20. The third-order valence-electron chi connectivity index (χ3n) is 17.7. The number of likely N-dealkylation sites (N-methyl/N-ethyl adjacent to an activating group) is 1. The van der Waals surface area contributed by atoms with Gasteiger partial charge in [-0.05, 0) is 80.0 Å².